The number of carbonyl (C=O) groups excluding carboxylic acids is 3. The van der Waals surface area contributed by atoms with E-state index in [4.69, 9.17) is 9.47 Å². The average molecular weight is 409 g/mol. The summed E-state index contributed by atoms with van der Waals surface area (Å²) in [6.07, 6.45) is 0. The summed E-state index contributed by atoms with van der Waals surface area (Å²) >= 11 is 0. The number of urea groups is 1. The molecule has 0 spiro atoms. The molecule has 3 N–H and O–H groups in total. The smallest absolute Gasteiger partial charge is 0.337 e. The highest BCUT2D eigenvalue weighted by molar-refractivity contribution is 5.95. The van der Waals surface area contributed by atoms with Gasteiger partial charge in [-0.15, -0.1) is 0 Å². The maximum absolute atomic E-state index is 12.3. The van der Waals surface area contributed by atoms with Crippen molar-refractivity contribution in [1.82, 2.24) is 10.6 Å². The van der Waals surface area contributed by atoms with Gasteiger partial charge in [0, 0.05) is 16.9 Å². The van der Waals surface area contributed by atoms with Gasteiger partial charge in [0.15, 0.2) is 6.61 Å². The Morgan fingerprint density at radius 2 is 1.77 bits per heavy atom. The van der Waals surface area contributed by atoms with E-state index in [-0.39, 0.29) is 18.1 Å². The number of hydrogen-bond donors (Lipinski definition) is 3. The minimum absolute atomic E-state index is 0.236. The van der Waals surface area contributed by atoms with Gasteiger partial charge in [0.05, 0.1) is 18.7 Å². The van der Waals surface area contributed by atoms with E-state index in [1.54, 1.807) is 31.2 Å². The third kappa shape index (κ3) is 4.78. The van der Waals surface area contributed by atoms with E-state index in [1.807, 2.05) is 31.2 Å². The minimum atomic E-state index is -0.775. The highest BCUT2D eigenvalue weighted by atomic mass is 16.5. The predicted octanol–water partition coefficient (Wildman–Crippen LogP) is 2.81. The lowest BCUT2D eigenvalue weighted by molar-refractivity contribution is -0.136. The van der Waals surface area contributed by atoms with Crippen molar-refractivity contribution in [3.05, 3.63) is 70.9 Å². The molecule has 0 radical (unpaired) electrons. The zero-order valence-electron chi connectivity index (χ0n) is 16.9. The van der Waals surface area contributed by atoms with Crippen molar-refractivity contribution in [2.75, 3.05) is 19.0 Å². The first-order chi connectivity index (χ1) is 14.4. The molecule has 2 aromatic rings. The number of ether oxygens (including phenoxy) is 2. The lowest BCUT2D eigenvalue weighted by Gasteiger charge is -2.28. The number of anilines is 1. The molecule has 0 saturated heterocycles. The third-order valence-electron chi connectivity index (χ3n) is 4.60. The number of para-hydroxylation sites is 1. The van der Waals surface area contributed by atoms with Gasteiger partial charge in [-0.25, -0.2) is 9.59 Å². The molecule has 1 heterocycles. The first-order valence-electron chi connectivity index (χ1n) is 9.34. The van der Waals surface area contributed by atoms with Gasteiger partial charge in [0.25, 0.3) is 5.91 Å². The number of aryl methyl sites for hydroxylation is 1. The molecule has 0 aliphatic carbocycles. The van der Waals surface area contributed by atoms with Crippen molar-refractivity contribution in [2.45, 2.75) is 19.9 Å². The van der Waals surface area contributed by atoms with Crippen LogP contribution in [0.3, 0.4) is 0 Å². The predicted molar refractivity (Wildman–Crippen MR) is 111 cm³/mol. The van der Waals surface area contributed by atoms with Crippen LogP contribution in [0.15, 0.2) is 59.8 Å². The van der Waals surface area contributed by atoms with Crippen molar-refractivity contribution in [3.8, 4) is 5.75 Å². The summed E-state index contributed by atoms with van der Waals surface area (Å²) < 4.78 is 10.6. The van der Waals surface area contributed by atoms with E-state index in [9.17, 15) is 14.4 Å². The molecule has 0 bridgehead atoms. The van der Waals surface area contributed by atoms with E-state index in [1.165, 1.54) is 7.11 Å². The van der Waals surface area contributed by atoms with Gasteiger partial charge in [0.2, 0.25) is 0 Å². The topological polar surface area (TPSA) is 106 Å². The zero-order valence-corrected chi connectivity index (χ0v) is 16.9. The Balaban J connectivity index is 1.79. The molecule has 8 nitrogen and oxygen atoms in total. The van der Waals surface area contributed by atoms with Crippen molar-refractivity contribution in [2.24, 2.45) is 0 Å². The lowest BCUT2D eigenvalue weighted by atomic mass is 9.95. The average Bonchev–Trinajstić information content (AvgIpc) is 2.73. The Bertz CT molecular complexity index is 998. The molecule has 3 rings (SSSR count). The van der Waals surface area contributed by atoms with Crippen molar-refractivity contribution in [3.63, 3.8) is 0 Å². The summed E-state index contributed by atoms with van der Waals surface area (Å²) in [5.41, 5.74) is 2.95. The van der Waals surface area contributed by atoms with Crippen molar-refractivity contribution < 1.29 is 23.9 Å². The molecule has 1 unspecified atom stereocenters. The molecule has 0 saturated carbocycles. The number of methoxy groups -OCH3 is 1. The molecule has 0 fully saturated rings. The van der Waals surface area contributed by atoms with E-state index >= 15 is 0 Å². The number of rotatable bonds is 6. The van der Waals surface area contributed by atoms with E-state index < -0.39 is 18.0 Å². The number of benzene rings is 2. The zero-order chi connectivity index (χ0) is 21.7. The van der Waals surface area contributed by atoms with Gasteiger partial charge >= 0.3 is 12.0 Å². The maximum atomic E-state index is 12.3. The van der Waals surface area contributed by atoms with E-state index in [2.05, 4.69) is 16.0 Å². The van der Waals surface area contributed by atoms with Gasteiger partial charge in [-0.2, -0.15) is 0 Å². The third-order valence-corrected chi connectivity index (χ3v) is 4.60. The number of amides is 3. The Hall–Kier alpha value is -3.81. The monoisotopic (exact) mass is 409 g/mol. The van der Waals surface area contributed by atoms with Crippen LogP contribution in [0, 0.1) is 6.92 Å². The fourth-order valence-corrected chi connectivity index (χ4v) is 3.14. The van der Waals surface area contributed by atoms with Gasteiger partial charge in [-0.1, -0.05) is 35.9 Å². The molecule has 1 atom stereocenters. The Morgan fingerprint density at radius 1 is 1.07 bits per heavy atom. The van der Waals surface area contributed by atoms with Crippen LogP contribution < -0.4 is 20.7 Å². The van der Waals surface area contributed by atoms with Crippen LogP contribution in [0.2, 0.25) is 0 Å². The summed E-state index contributed by atoms with van der Waals surface area (Å²) in [6, 6.07) is 13.1. The second kappa shape index (κ2) is 9.13. The molecular weight excluding hydrogens is 386 g/mol. The van der Waals surface area contributed by atoms with Crippen LogP contribution in [0.1, 0.15) is 24.1 Å². The Morgan fingerprint density at radius 3 is 2.47 bits per heavy atom. The summed E-state index contributed by atoms with van der Waals surface area (Å²) in [5.74, 6) is -0.530. The number of nitrogens with one attached hydrogen (secondary N) is 3. The second-order valence-electron chi connectivity index (χ2n) is 6.80. The molecule has 3 amide bonds. The first kappa shape index (κ1) is 20.9. The van der Waals surface area contributed by atoms with Crippen molar-refractivity contribution >= 4 is 23.6 Å². The van der Waals surface area contributed by atoms with Crippen LogP contribution in [0.4, 0.5) is 10.5 Å². The van der Waals surface area contributed by atoms with Crippen LogP contribution in [0.25, 0.3) is 0 Å². The fourth-order valence-electron chi connectivity index (χ4n) is 3.14. The Labute approximate surface area is 174 Å². The number of allylic oxidation sites excluding steroid dienone is 1. The highest BCUT2D eigenvalue weighted by Gasteiger charge is 2.33. The standard InChI is InChI=1S/C22H23N3O5/c1-13-8-10-15(11-9-13)24-18(26)12-30-17-7-5-4-6-16(17)20-19(21(27)29-3)14(2)23-22(28)25-20/h4-11,20H,12H2,1-3H3,(H,24,26)(H2,23,25,28). The normalized spacial score (nSPS) is 15.7. The molecular formula is C22H23N3O5. The quantitative estimate of drug-likeness (QED) is 0.636. The minimum Gasteiger partial charge on any atom is -0.483 e. The van der Waals surface area contributed by atoms with Crippen LogP contribution in [-0.2, 0) is 14.3 Å². The van der Waals surface area contributed by atoms with Crippen LogP contribution >= 0.6 is 0 Å². The molecule has 0 aromatic heterocycles. The fraction of sp³-hybridized carbons (Fsp3) is 0.227. The number of carbonyl (C=O) groups is 3. The maximum Gasteiger partial charge on any atom is 0.337 e. The molecule has 2 aromatic carbocycles. The van der Waals surface area contributed by atoms with E-state index in [0.717, 1.165) is 5.56 Å². The summed E-state index contributed by atoms with van der Waals surface area (Å²) in [5, 5.41) is 8.04. The summed E-state index contributed by atoms with van der Waals surface area (Å²) in [4.78, 5) is 36.6. The summed E-state index contributed by atoms with van der Waals surface area (Å²) in [7, 11) is 1.27. The van der Waals surface area contributed by atoms with E-state index in [0.29, 0.717) is 22.7 Å². The SMILES string of the molecule is COC(=O)C1=C(C)NC(=O)NC1c1ccccc1OCC(=O)Nc1ccc(C)cc1. The van der Waals surface area contributed by atoms with Gasteiger partial charge in [-0.05, 0) is 32.0 Å². The van der Waals surface area contributed by atoms with Gasteiger partial charge in [-0.3, -0.25) is 4.79 Å². The lowest BCUT2D eigenvalue weighted by Crippen LogP contribution is -2.45. The first-order valence-corrected chi connectivity index (χ1v) is 9.34. The number of esters is 1. The summed E-state index contributed by atoms with van der Waals surface area (Å²) in [6.45, 7) is 3.35. The second-order valence-corrected chi connectivity index (χ2v) is 6.80. The molecule has 1 aliphatic heterocycles. The van der Waals surface area contributed by atoms with Gasteiger partial charge < -0.3 is 25.4 Å². The van der Waals surface area contributed by atoms with Crippen LogP contribution in [0.5, 0.6) is 5.75 Å². The van der Waals surface area contributed by atoms with Gasteiger partial charge in [0.1, 0.15) is 5.75 Å². The van der Waals surface area contributed by atoms with Crippen LogP contribution in [-0.4, -0.2) is 31.6 Å². The molecule has 1 aliphatic rings. The number of hydrogen-bond acceptors (Lipinski definition) is 5. The molecule has 8 heteroatoms. The van der Waals surface area contributed by atoms with Crippen molar-refractivity contribution in [1.29, 1.82) is 0 Å². The molecule has 156 valence electrons. The molecule has 30 heavy (non-hydrogen) atoms. The highest BCUT2D eigenvalue weighted by Crippen LogP contribution is 2.33. The largest absolute Gasteiger partial charge is 0.483 e. The Kier molecular flexibility index (Phi) is 6.36.